The summed E-state index contributed by atoms with van der Waals surface area (Å²) < 4.78 is 3.82. The van der Waals surface area contributed by atoms with Crippen molar-refractivity contribution in [2.75, 3.05) is 0 Å². The molecular weight excluding hydrogens is 182 g/mol. The zero-order valence-corrected chi connectivity index (χ0v) is 8.90. The molecule has 1 heterocycles. The molecule has 13 heavy (non-hydrogen) atoms. The first-order valence-electron chi connectivity index (χ1n) is 4.65. The second kappa shape index (κ2) is 3.35. The number of nitrogens with zero attached hydrogens (tertiary/aromatic N) is 2. The van der Waals surface area contributed by atoms with Crippen molar-refractivity contribution in [1.82, 2.24) is 14.9 Å². The molecule has 1 saturated carbocycles. The lowest BCUT2D eigenvalue weighted by molar-refractivity contribution is 0.125. The molecule has 0 spiro atoms. The van der Waals surface area contributed by atoms with E-state index in [1.165, 1.54) is 24.4 Å². The zero-order valence-electron chi connectivity index (χ0n) is 8.08. The van der Waals surface area contributed by atoms with Gasteiger partial charge >= 0.3 is 0 Å². The molecule has 0 unspecified atom stereocenters. The molecule has 1 fully saturated rings. The largest absolute Gasteiger partial charge is 0.308 e. The van der Waals surface area contributed by atoms with Gasteiger partial charge in [0.2, 0.25) is 0 Å². The lowest BCUT2D eigenvalue weighted by atomic mass is 9.68. The number of hydrogen-bond donors (Lipinski definition) is 1. The fraction of sp³-hybridized carbons (Fsp3) is 0.778. The van der Waals surface area contributed by atoms with Gasteiger partial charge in [-0.1, -0.05) is 18.3 Å². The summed E-state index contributed by atoms with van der Waals surface area (Å²) in [7, 11) is 0. The topological polar surface area (TPSA) is 37.8 Å². The van der Waals surface area contributed by atoms with Crippen LogP contribution in [0.25, 0.3) is 0 Å². The summed E-state index contributed by atoms with van der Waals surface area (Å²) in [4.78, 5) is 0. The second-order valence-corrected chi connectivity index (χ2v) is 5.16. The molecule has 72 valence electrons. The molecule has 0 amide bonds. The van der Waals surface area contributed by atoms with Crippen molar-refractivity contribution in [2.45, 2.75) is 39.3 Å². The predicted molar refractivity (Wildman–Crippen MR) is 53.6 cm³/mol. The van der Waals surface area contributed by atoms with Gasteiger partial charge in [-0.15, -0.1) is 5.10 Å². The lowest BCUT2D eigenvalue weighted by Gasteiger charge is -2.43. The van der Waals surface area contributed by atoms with E-state index in [4.69, 9.17) is 0 Å². The van der Waals surface area contributed by atoms with E-state index in [0.29, 0.717) is 11.5 Å². The molecule has 1 aromatic heterocycles. The van der Waals surface area contributed by atoms with Gasteiger partial charge < -0.3 is 5.32 Å². The quantitative estimate of drug-likeness (QED) is 0.803. The van der Waals surface area contributed by atoms with Gasteiger partial charge in [-0.25, -0.2) is 0 Å². The minimum Gasteiger partial charge on any atom is -0.308 e. The van der Waals surface area contributed by atoms with Crippen LogP contribution in [0.15, 0.2) is 5.38 Å². The summed E-state index contributed by atoms with van der Waals surface area (Å²) in [6.45, 7) is 5.50. The highest BCUT2D eigenvalue weighted by molar-refractivity contribution is 7.03. The Morgan fingerprint density at radius 2 is 2.38 bits per heavy atom. The van der Waals surface area contributed by atoms with Crippen LogP contribution in [-0.2, 0) is 6.54 Å². The first-order valence-corrected chi connectivity index (χ1v) is 5.49. The van der Waals surface area contributed by atoms with Crippen molar-refractivity contribution in [3.8, 4) is 0 Å². The van der Waals surface area contributed by atoms with E-state index in [-0.39, 0.29) is 0 Å². The van der Waals surface area contributed by atoms with Gasteiger partial charge in [-0.2, -0.15) is 0 Å². The molecule has 0 aliphatic heterocycles. The smallest absolute Gasteiger partial charge is 0.0893 e. The minimum atomic E-state index is 0.554. The van der Waals surface area contributed by atoms with Gasteiger partial charge in [-0.3, -0.25) is 0 Å². The molecule has 1 aliphatic carbocycles. The van der Waals surface area contributed by atoms with Crippen LogP contribution in [0.3, 0.4) is 0 Å². The van der Waals surface area contributed by atoms with E-state index >= 15 is 0 Å². The van der Waals surface area contributed by atoms with Crippen molar-refractivity contribution < 1.29 is 0 Å². The summed E-state index contributed by atoms with van der Waals surface area (Å²) in [5, 5.41) is 9.47. The Labute approximate surface area is 82.7 Å². The van der Waals surface area contributed by atoms with E-state index in [9.17, 15) is 0 Å². The maximum Gasteiger partial charge on any atom is 0.0893 e. The molecule has 3 nitrogen and oxygen atoms in total. The number of nitrogens with one attached hydrogen (secondary N) is 1. The molecule has 0 saturated heterocycles. The van der Waals surface area contributed by atoms with Crippen LogP contribution in [0, 0.1) is 5.41 Å². The van der Waals surface area contributed by atoms with Crippen LogP contribution < -0.4 is 5.32 Å². The Morgan fingerprint density at radius 3 is 2.92 bits per heavy atom. The van der Waals surface area contributed by atoms with Crippen molar-refractivity contribution in [1.29, 1.82) is 0 Å². The highest BCUT2D eigenvalue weighted by Crippen LogP contribution is 2.39. The average molecular weight is 197 g/mol. The van der Waals surface area contributed by atoms with Crippen molar-refractivity contribution in [2.24, 2.45) is 5.41 Å². The normalized spacial score (nSPS) is 21.4. The Balaban J connectivity index is 1.71. The Bertz CT molecular complexity index is 260. The molecule has 0 aromatic carbocycles. The first-order chi connectivity index (χ1) is 6.16. The summed E-state index contributed by atoms with van der Waals surface area (Å²) in [6.07, 6.45) is 2.56. The van der Waals surface area contributed by atoms with E-state index in [1.54, 1.807) is 0 Å². The monoisotopic (exact) mass is 197 g/mol. The van der Waals surface area contributed by atoms with Crippen LogP contribution in [0.1, 0.15) is 32.4 Å². The van der Waals surface area contributed by atoms with Crippen molar-refractivity contribution in [3.05, 3.63) is 11.1 Å². The number of rotatable bonds is 3. The molecule has 0 bridgehead atoms. The van der Waals surface area contributed by atoms with Gasteiger partial charge in [0, 0.05) is 18.0 Å². The average Bonchev–Trinajstić information content (AvgIpc) is 2.48. The SMILES string of the molecule is CC1(C)CC(NCc2csnn2)C1. The Hall–Kier alpha value is -0.480. The molecule has 4 heteroatoms. The molecule has 1 N–H and O–H groups in total. The minimum absolute atomic E-state index is 0.554. The van der Waals surface area contributed by atoms with Crippen LogP contribution in [0.5, 0.6) is 0 Å². The second-order valence-electron chi connectivity index (χ2n) is 4.55. The fourth-order valence-corrected chi connectivity index (χ4v) is 2.38. The fourth-order valence-electron chi connectivity index (χ4n) is 1.93. The lowest BCUT2D eigenvalue weighted by Crippen LogP contribution is -2.45. The van der Waals surface area contributed by atoms with E-state index in [1.807, 2.05) is 5.38 Å². The third-order valence-electron chi connectivity index (χ3n) is 2.57. The van der Waals surface area contributed by atoms with Crippen molar-refractivity contribution >= 4 is 11.5 Å². The number of aromatic nitrogens is 2. The molecule has 1 aliphatic rings. The van der Waals surface area contributed by atoms with Gasteiger partial charge in [0.15, 0.2) is 0 Å². The van der Waals surface area contributed by atoms with Gasteiger partial charge in [0.25, 0.3) is 0 Å². The summed E-state index contributed by atoms with van der Waals surface area (Å²) >= 11 is 1.42. The van der Waals surface area contributed by atoms with Crippen LogP contribution in [0.2, 0.25) is 0 Å². The molecule has 0 radical (unpaired) electrons. The van der Waals surface area contributed by atoms with Gasteiger partial charge in [0.05, 0.1) is 5.69 Å². The predicted octanol–water partition coefficient (Wildman–Crippen LogP) is 1.82. The number of hydrogen-bond acceptors (Lipinski definition) is 4. The third-order valence-corrected chi connectivity index (χ3v) is 3.13. The maximum atomic E-state index is 3.99. The van der Waals surface area contributed by atoms with Gasteiger partial charge in [-0.05, 0) is 29.8 Å². The Kier molecular flexibility index (Phi) is 2.34. The van der Waals surface area contributed by atoms with Crippen molar-refractivity contribution in [3.63, 3.8) is 0 Å². The third kappa shape index (κ3) is 2.25. The van der Waals surface area contributed by atoms with Crippen LogP contribution >= 0.6 is 11.5 Å². The van der Waals surface area contributed by atoms with E-state index in [0.717, 1.165) is 12.2 Å². The van der Waals surface area contributed by atoms with Crippen LogP contribution in [-0.4, -0.2) is 15.6 Å². The standard InChI is InChI=1S/C9H15N3S/c1-9(2)3-7(4-9)10-5-8-6-13-12-11-8/h6-7,10H,3-5H2,1-2H3. The maximum absolute atomic E-state index is 3.99. The zero-order chi connectivity index (χ0) is 9.31. The van der Waals surface area contributed by atoms with E-state index < -0.39 is 0 Å². The molecule has 0 atom stereocenters. The summed E-state index contributed by atoms with van der Waals surface area (Å²) in [5.41, 5.74) is 1.62. The summed E-state index contributed by atoms with van der Waals surface area (Å²) in [5.74, 6) is 0. The highest BCUT2D eigenvalue weighted by atomic mass is 32.1. The highest BCUT2D eigenvalue weighted by Gasteiger charge is 2.35. The van der Waals surface area contributed by atoms with Crippen LogP contribution in [0.4, 0.5) is 0 Å². The molecule has 2 rings (SSSR count). The molecule has 1 aromatic rings. The summed E-state index contributed by atoms with van der Waals surface area (Å²) in [6, 6.07) is 0.691. The van der Waals surface area contributed by atoms with E-state index in [2.05, 4.69) is 28.8 Å². The first kappa shape index (κ1) is 9.09. The van der Waals surface area contributed by atoms with Gasteiger partial charge in [0.1, 0.15) is 0 Å². The molecular formula is C9H15N3S. The Morgan fingerprint density at radius 1 is 1.62 bits per heavy atom.